The molecule has 1 aromatic rings. The standard InChI is InChI=1S/C14H18O2/c1-4-5-9-13(15)12-8-6-7-10-14(12)16-11(2)3/h4,6-8,10-11H,1,5,9H2,2-3H3. The van der Waals surface area contributed by atoms with E-state index in [2.05, 4.69) is 6.58 Å². The van der Waals surface area contributed by atoms with Gasteiger partial charge >= 0.3 is 0 Å². The zero-order valence-electron chi connectivity index (χ0n) is 9.90. The van der Waals surface area contributed by atoms with Crippen molar-refractivity contribution in [2.75, 3.05) is 0 Å². The van der Waals surface area contributed by atoms with Crippen molar-refractivity contribution < 1.29 is 9.53 Å². The molecule has 0 aliphatic rings. The highest BCUT2D eigenvalue weighted by Crippen LogP contribution is 2.21. The quantitative estimate of drug-likeness (QED) is 0.538. The maximum atomic E-state index is 11.9. The van der Waals surface area contributed by atoms with E-state index in [1.165, 1.54) is 0 Å². The number of hydrogen-bond acceptors (Lipinski definition) is 2. The van der Waals surface area contributed by atoms with Gasteiger partial charge in [0.1, 0.15) is 5.75 Å². The molecule has 0 fully saturated rings. The number of carbonyl (C=O) groups excluding carboxylic acids is 1. The van der Waals surface area contributed by atoms with Crippen molar-refractivity contribution in [1.29, 1.82) is 0 Å². The highest BCUT2D eigenvalue weighted by molar-refractivity contribution is 5.98. The molecule has 0 aliphatic heterocycles. The molecule has 0 spiro atoms. The smallest absolute Gasteiger partial charge is 0.166 e. The van der Waals surface area contributed by atoms with Crippen LogP contribution in [0.1, 0.15) is 37.0 Å². The number of allylic oxidation sites excluding steroid dienone is 1. The predicted molar refractivity (Wildman–Crippen MR) is 66.0 cm³/mol. The van der Waals surface area contributed by atoms with Gasteiger partial charge in [-0.1, -0.05) is 18.2 Å². The van der Waals surface area contributed by atoms with Gasteiger partial charge in [-0.25, -0.2) is 0 Å². The van der Waals surface area contributed by atoms with Crippen LogP contribution in [0.4, 0.5) is 0 Å². The molecule has 2 heteroatoms. The first-order valence-corrected chi connectivity index (χ1v) is 5.55. The van der Waals surface area contributed by atoms with E-state index in [0.717, 1.165) is 0 Å². The van der Waals surface area contributed by atoms with E-state index in [0.29, 0.717) is 24.2 Å². The van der Waals surface area contributed by atoms with Crippen LogP contribution in [0.15, 0.2) is 36.9 Å². The van der Waals surface area contributed by atoms with Crippen LogP contribution in [-0.4, -0.2) is 11.9 Å². The first kappa shape index (κ1) is 12.5. The molecule has 0 amide bonds. The average Bonchev–Trinajstić information content (AvgIpc) is 2.26. The van der Waals surface area contributed by atoms with E-state index in [-0.39, 0.29) is 11.9 Å². The van der Waals surface area contributed by atoms with Crippen molar-refractivity contribution in [1.82, 2.24) is 0 Å². The molecule has 0 aliphatic carbocycles. The van der Waals surface area contributed by atoms with Crippen molar-refractivity contribution in [3.8, 4) is 5.75 Å². The molecule has 16 heavy (non-hydrogen) atoms. The third kappa shape index (κ3) is 3.54. The Hall–Kier alpha value is -1.57. The van der Waals surface area contributed by atoms with Gasteiger partial charge in [-0.15, -0.1) is 6.58 Å². The normalized spacial score (nSPS) is 10.2. The molecule has 0 unspecified atom stereocenters. The Labute approximate surface area is 96.9 Å². The minimum atomic E-state index is 0.0772. The van der Waals surface area contributed by atoms with Crippen LogP contribution in [0.2, 0.25) is 0 Å². The molecule has 0 N–H and O–H groups in total. The first-order valence-electron chi connectivity index (χ1n) is 5.55. The van der Waals surface area contributed by atoms with Gasteiger partial charge < -0.3 is 4.74 Å². The van der Waals surface area contributed by atoms with E-state index >= 15 is 0 Å². The molecule has 0 atom stereocenters. The first-order chi connectivity index (χ1) is 7.65. The summed E-state index contributed by atoms with van der Waals surface area (Å²) in [6, 6.07) is 7.38. The third-order valence-corrected chi connectivity index (χ3v) is 2.13. The summed E-state index contributed by atoms with van der Waals surface area (Å²) in [5.74, 6) is 0.780. The predicted octanol–water partition coefficient (Wildman–Crippen LogP) is 3.62. The average molecular weight is 218 g/mol. The summed E-state index contributed by atoms with van der Waals surface area (Å²) >= 11 is 0. The number of rotatable bonds is 6. The van der Waals surface area contributed by atoms with Crippen LogP contribution in [0.5, 0.6) is 5.75 Å². The summed E-state index contributed by atoms with van der Waals surface area (Å²) < 4.78 is 5.60. The summed E-state index contributed by atoms with van der Waals surface area (Å²) in [6.45, 7) is 7.51. The van der Waals surface area contributed by atoms with Crippen LogP contribution in [0.25, 0.3) is 0 Å². The van der Waals surface area contributed by atoms with E-state index in [1.807, 2.05) is 38.1 Å². The molecular weight excluding hydrogens is 200 g/mol. The maximum Gasteiger partial charge on any atom is 0.166 e. The molecule has 0 aromatic heterocycles. The lowest BCUT2D eigenvalue weighted by Crippen LogP contribution is -2.09. The van der Waals surface area contributed by atoms with E-state index in [1.54, 1.807) is 6.08 Å². The fourth-order valence-electron chi connectivity index (χ4n) is 1.42. The van der Waals surface area contributed by atoms with Gasteiger partial charge in [0, 0.05) is 6.42 Å². The van der Waals surface area contributed by atoms with Crippen molar-refractivity contribution in [3.63, 3.8) is 0 Å². The molecule has 0 saturated heterocycles. The van der Waals surface area contributed by atoms with E-state index < -0.39 is 0 Å². The second-order valence-electron chi connectivity index (χ2n) is 3.91. The van der Waals surface area contributed by atoms with Gasteiger partial charge in [0.25, 0.3) is 0 Å². The Morgan fingerprint density at radius 3 is 2.75 bits per heavy atom. The summed E-state index contributed by atoms with van der Waals surface area (Å²) in [5, 5.41) is 0. The highest BCUT2D eigenvalue weighted by atomic mass is 16.5. The molecule has 1 aromatic carbocycles. The molecule has 0 heterocycles. The number of benzene rings is 1. The lowest BCUT2D eigenvalue weighted by atomic mass is 10.1. The number of Topliss-reactive ketones (excluding diaryl/α,β-unsaturated/α-hetero) is 1. The van der Waals surface area contributed by atoms with Gasteiger partial charge in [-0.3, -0.25) is 4.79 Å². The summed E-state index contributed by atoms with van der Waals surface area (Å²) in [4.78, 5) is 11.9. The number of ether oxygens (including phenoxy) is 1. The number of ketones is 1. The van der Waals surface area contributed by atoms with Crippen LogP contribution >= 0.6 is 0 Å². The molecule has 0 bridgehead atoms. The van der Waals surface area contributed by atoms with Crippen LogP contribution in [-0.2, 0) is 0 Å². The van der Waals surface area contributed by atoms with Crippen molar-refractivity contribution >= 4 is 5.78 Å². The molecule has 2 nitrogen and oxygen atoms in total. The molecule has 0 radical (unpaired) electrons. The topological polar surface area (TPSA) is 26.3 Å². The Balaban J connectivity index is 2.85. The zero-order valence-corrected chi connectivity index (χ0v) is 9.90. The van der Waals surface area contributed by atoms with Gasteiger partial charge in [0.05, 0.1) is 11.7 Å². The molecular formula is C14H18O2. The number of hydrogen-bond donors (Lipinski definition) is 0. The van der Waals surface area contributed by atoms with Gasteiger partial charge in [-0.05, 0) is 32.4 Å². The third-order valence-electron chi connectivity index (χ3n) is 2.13. The lowest BCUT2D eigenvalue weighted by Gasteiger charge is -2.13. The molecule has 0 saturated carbocycles. The SMILES string of the molecule is C=CCCC(=O)c1ccccc1OC(C)C. The molecule has 86 valence electrons. The second-order valence-corrected chi connectivity index (χ2v) is 3.91. The zero-order chi connectivity index (χ0) is 12.0. The number of para-hydroxylation sites is 1. The highest BCUT2D eigenvalue weighted by Gasteiger charge is 2.11. The van der Waals surface area contributed by atoms with E-state index in [4.69, 9.17) is 4.74 Å². The molecule has 1 rings (SSSR count). The Bertz CT molecular complexity index is 367. The van der Waals surface area contributed by atoms with Crippen LogP contribution in [0.3, 0.4) is 0 Å². The second kappa shape index (κ2) is 6.11. The Kier molecular flexibility index (Phi) is 4.77. The van der Waals surface area contributed by atoms with Crippen LogP contribution in [0, 0.1) is 0 Å². The maximum absolute atomic E-state index is 11.9. The van der Waals surface area contributed by atoms with Gasteiger partial charge in [-0.2, -0.15) is 0 Å². The summed E-state index contributed by atoms with van der Waals surface area (Å²) in [5.41, 5.74) is 0.665. The largest absolute Gasteiger partial charge is 0.490 e. The van der Waals surface area contributed by atoms with Gasteiger partial charge in [0.2, 0.25) is 0 Å². The van der Waals surface area contributed by atoms with Crippen LogP contribution < -0.4 is 4.74 Å². The lowest BCUT2D eigenvalue weighted by molar-refractivity contribution is 0.0978. The minimum Gasteiger partial charge on any atom is -0.490 e. The van der Waals surface area contributed by atoms with Crippen molar-refractivity contribution in [3.05, 3.63) is 42.5 Å². The Morgan fingerprint density at radius 1 is 1.44 bits per heavy atom. The van der Waals surface area contributed by atoms with Crippen molar-refractivity contribution in [2.24, 2.45) is 0 Å². The number of carbonyl (C=O) groups is 1. The van der Waals surface area contributed by atoms with E-state index in [9.17, 15) is 4.79 Å². The van der Waals surface area contributed by atoms with Crippen molar-refractivity contribution in [2.45, 2.75) is 32.8 Å². The summed E-state index contributed by atoms with van der Waals surface area (Å²) in [6.07, 6.45) is 3.02. The minimum absolute atomic E-state index is 0.0772. The fourth-order valence-corrected chi connectivity index (χ4v) is 1.42. The Morgan fingerprint density at radius 2 is 2.12 bits per heavy atom. The monoisotopic (exact) mass is 218 g/mol. The fraction of sp³-hybridized carbons (Fsp3) is 0.357. The van der Waals surface area contributed by atoms with Gasteiger partial charge in [0.15, 0.2) is 5.78 Å². The summed E-state index contributed by atoms with van der Waals surface area (Å²) in [7, 11) is 0.